The molecule has 0 N–H and O–H groups in total. The summed E-state index contributed by atoms with van der Waals surface area (Å²) in [6, 6.07) is 0.308. The first-order valence-corrected chi connectivity index (χ1v) is 10.1. The van der Waals surface area contributed by atoms with Gasteiger partial charge in [-0.2, -0.15) is 0 Å². The van der Waals surface area contributed by atoms with Crippen molar-refractivity contribution in [2.24, 2.45) is 0 Å². The SMILES string of the molecule is CCP(CC(F)C(F)C(F)C(F)C(F)CCCF)c1cc(F)c(F)c(F)c1F. The van der Waals surface area contributed by atoms with E-state index in [9.17, 15) is 43.9 Å². The van der Waals surface area contributed by atoms with Gasteiger partial charge in [-0.3, -0.25) is 4.39 Å². The minimum Gasteiger partial charge on any atom is -0.251 e. The van der Waals surface area contributed by atoms with Gasteiger partial charge in [0.25, 0.3) is 0 Å². The molecule has 0 radical (unpaired) electrons. The van der Waals surface area contributed by atoms with Gasteiger partial charge in [-0.05, 0) is 25.1 Å². The predicted octanol–water partition coefficient (Wildman–Crippen LogP) is 5.81. The largest absolute Gasteiger partial charge is 0.251 e. The van der Waals surface area contributed by atoms with Crippen LogP contribution in [0.4, 0.5) is 43.9 Å². The molecule has 1 aromatic rings. The molecule has 0 heterocycles. The van der Waals surface area contributed by atoms with E-state index in [4.69, 9.17) is 0 Å². The standard InChI is InChI=1S/C17H19F10P/c1-2-28(11-6-9(20)13(23)17(27)15(11)25)7-10(21)14(24)16(26)12(22)8(19)4-3-5-18/h6,8,10,12,14,16H,2-5,7H2,1H3. The Kier molecular flexibility index (Phi) is 10.0. The molecule has 28 heavy (non-hydrogen) atoms. The molecule has 6 atom stereocenters. The maximum Gasteiger partial charge on any atom is 0.198 e. The molecule has 6 unspecified atom stereocenters. The number of hydrogen-bond acceptors (Lipinski definition) is 0. The van der Waals surface area contributed by atoms with Gasteiger partial charge in [-0.1, -0.05) is 14.8 Å². The van der Waals surface area contributed by atoms with Crippen LogP contribution < -0.4 is 5.30 Å². The molecule has 0 aromatic heterocycles. The van der Waals surface area contributed by atoms with Crippen molar-refractivity contribution in [1.82, 2.24) is 0 Å². The summed E-state index contributed by atoms with van der Waals surface area (Å²) in [6.07, 6.45) is -16.9. The maximum absolute atomic E-state index is 14.1. The third-order valence-electron chi connectivity index (χ3n) is 4.11. The van der Waals surface area contributed by atoms with E-state index in [0.29, 0.717) is 6.07 Å². The van der Waals surface area contributed by atoms with Crippen LogP contribution in [-0.2, 0) is 0 Å². The molecule has 162 valence electrons. The molecule has 0 bridgehead atoms. The van der Waals surface area contributed by atoms with E-state index in [-0.39, 0.29) is 6.16 Å². The summed E-state index contributed by atoms with van der Waals surface area (Å²) < 4.78 is 134. The summed E-state index contributed by atoms with van der Waals surface area (Å²) in [4.78, 5) is 0. The van der Waals surface area contributed by atoms with Crippen LogP contribution in [0.1, 0.15) is 19.8 Å². The lowest BCUT2D eigenvalue weighted by Crippen LogP contribution is -2.41. The van der Waals surface area contributed by atoms with Crippen LogP contribution in [0.25, 0.3) is 0 Å². The smallest absolute Gasteiger partial charge is 0.198 e. The lowest BCUT2D eigenvalue weighted by Gasteiger charge is -2.25. The Balaban J connectivity index is 2.90. The van der Waals surface area contributed by atoms with Crippen LogP contribution in [0.5, 0.6) is 0 Å². The molecular formula is C17H19F10P. The van der Waals surface area contributed by atoms with Crippen LogP contribution in [0, 0.1) is 23.3 Å². The molecule has 0 fully saturated rings. The molecule has 0 aliphatic carbocycles. The van der Waals surface area contributed by atoms with Crippen molar-refractivity contribution < 1.29 is 43.9 Å². The maximum atomic E-state index is 14.1. The molecule has 1 aromatic carbocycles. The summed E-state index contributed by atoms with van der Waals surface area (Å²) in [6.45, 7) is 0.357. The van der Waals surface area contributed by atoms with Crippen LogP contribution in [0.3, 0.4) is 0 Å². The molecule has 11 heteroatoms. The van der Waals surface area contributed by atoms with E-state index in [1.165, 1.54) is 6.92 Å². The molecule has 0 saturated heterocycles. The number of hydrogen-bond donors (Lipinski definition) is 0. The minimum atomic E-state index is -3.20. The van der Waals surface area contributed by atoms with E-state index >= 15 is 0 Å². The zero-order valence-corrected chi connectivity index (χ0v) is 15.6. The number of benzene rings is 1. The topological polar surface area (TPSA) is 0 Å². The summed E-state index contributed by atoms with van der Waals surface area (Å²) in [5, 5.41) is -0.720. The highest BCUT2D eigenvalue weighted by Crippen LogP contribution is 2.39. The van der Waals surface area contributed by atoms with E-state index in [1.54, 1.807) is 0 Å². The lowest BCUT2D eigenvalue weighted by atomic mass is 10.0. The fraction of sp³-hybridized carbons (Fsp3) is 0.647. The van der Waals surface area contributed by atoms with Crippen LogP contribution >= 0.6 is 7.92 Å². The Morgan fingerprint density at radius 3 is 1.93 bits per heavy atom. The number of rotatable bonds is 11. The fourth-order valence-corrected chi connectivity index (χ4v) is 4.60. The average molecular weight is 444 g/mol. The van der Waals surface area contributed by atoms with Crippen molar-refractivity contribution in [2.75, 3.05) is 19.0 Å². The molecule has 0 spiro atoms. The normalized spacial score (nSPS) is 18.4. The first-order valence-electron chi connectivity index (χ1n) is 8.40. The highest BCUT2D eigenvalue weighted by Gasteiger charge is 2.41. The molecule has 0 saturated carbocycles. The first-order chi connectivity index (χ1) is 13.1. The summed E-state index contributed by atoms with van der Waals surface area (Å²) in [5.74, 6) is -7.70. The molecule has 0 nitrogen and oxygen atoms in total. The zero-order chi connectivity index (χ0) is 21.6. The molecule has 0 amide bonds. The van der Waals surface area contributed by atoms with Gasteiger partial charge >= 0.3 is 0 Å². The minimum absolute atomic E-state index is 0.123. The van der Waals surface area contributed by atoms with E-state index in [0.717, 1.165) is 0 Å². The van der Waals surface area contributed by atoms with Crippen molar-refractivity contribution >= 4 is 13.2 Å². The Hall–Kier alpha value is -1.05. The second-order valence-electron chi connectivity index (χ2n) is 6.05. The van der Waals surface area contributed by atoms with Crippen molar-refractivity contribution in [3.8, 4) is 0 Å². The predicted molar refractivity (Wildman–Crippen MR) is 87.9 cm³/mol. The number of halogens is 10. The monoisotopic (exact) mass is 444 g/mol. The highest BCUT2D eigenvalue weighted by molar-refractivity contribution is 7.65. The lowest BCUT2D eigenvalue weighted by molar-refractivity contribution is 0.00363. The van der Waals surface area contributed by atoms with Gasteiger partial charge in [-0.25, -0.2) is 39.5 Å². The van der Waals surface area contributed by atoms with Gasteiger partial charge in [0, 0.05) is 11.5 Å². The van der Waals surface area contributed by atoms with Gasteiger partial charge in [0.2, 0.25) is 0 Å². The average Bonchev–Trinajstić information content (AvgIpc) is 2.69. The highest BCUT2D eigenvalue weighted by atomic mass is 31.1. The van der Waals surface area contributed by atoms with E-state index in [1.807, 2.05) is 0 Å². The Morgan fingerprint density at radius 2 is 1.39 bits per heavy atom. The zero-order valence-electron chi connectivity index (χ0n) is 14.7. The summed E-state index contributed by atoms with van der Waals surface area (Å²) >= 11 is 0. The quantitative estimate of drug-likeness (QED) is 0.175. The van der Waals surface area contributed by atoms with Crippen LogP contribution in [-0.4, -0.2) is 49.9 Å². The van der Waals surface area contributed by atoms with Gasteiger partial charge in [-0.15, -0.1) is 0 Å². The Labute approximate surface area is 157 Å². The van der Waals surface area contributed by atoms with E-state index < -0.39 is 93.0 Å². The Bertz CT molecular complexity index is 628. The van der Waals surface area contributed by atoms with Crippen LogP contribution in [0.15, 0.2) is 6.07 Å². The molecular weight excluding hydrogens is 425 g/mol. The second-order valence-corrected chi connectivity index (χ2v) is 8.61. The first kappa shape index (κ1) is 25.0. The molecule has 0 aliphatic rings. The van der Waals surface area contributed by atoms with Crippen LogP contribution in [0.2, 0.25) is 0 Å². The van der Waals surface area contributed by atoms with Gasteiger partial charge in [0.1, 0.15) is 12.3 Å². The van der Waals surface area contributed by atoms with Gasteiger partial charge in [0.15, 0.2) is 41.8 Å². The second kappa shape index (κ2) is 11.2. The summed E-state index contributed by atoms with van der Waals surface area (Å²) in [5.41, 5.74) is 0. The van der Waals surface area contributed by atoms with Crippen molar-refractivity contribution in [2.45, 2.75) is 50.6 Å². The van der Waals surface area contributed by atoms with Crippen molar-refractivity contribution in [3.63, 3.8) is 0 Å². The van der Waals surface area contributed by atoms with Gasteiger partial charge in [0.05, 0.1) is 6.67 Å². The van der Waals surface area contributed by atoms with Crippen molar-refractivity contribution in [1.29, 1.82) is 0 Å². The third-order valence-corrected chi connectivity index (χ3v) is 6.67. The number of alkyl halides is 6. The summed E-state index contributed by atoms with van der Waals surface area (Å²) in [7, 11) is -2.13. The Morgan fingerprint density at radius 1 is 0.821 bits per heavy atom. The van der Waals surface area contributed by atoms with E-state index in [2.05, 4.69) is 0 Å². The fourth-order valence-electron chi connectivity index (χ4n) is 2.51. The molecule has 1 rings (SSSR count). The third kappa shape index (κ3) is 5.97. The molecule has 0 aliphatic heterocycles. The van der Waals surface area contributed by atoms with Gasteiger partial charge < -0.3 is 0 Å². The van der Waals surface area contributed by atoms with Crippen molar-refractivity contribution in [3.05, 3.63) is 29.3 Å².